The molecule has 0 fully saturated rings. The maximum Gasteiger partial charge on any atom is 0.260 e. The van der Waals surface area contributed by atoms with Gasteiger partial charge in [-0.2, -0.15) is 0 Å². The van der Waals surface area contributed by atoms with E-state index in [0.29, 0.717) is 5.56 Å². The summed E-state index contributed by atoms with van der Waals surface area (Å²) in [5.41, 5.74) is 0.322. The van der Waals surface area contributed by atoms with Crippen molar-refractivity contribution in [2.45, 2.75) is 45.9 Å². The number of amides is 1. The van der Waals surface area contributed by atoms with Gasteiger partial charge >= 0.3 is 0 Å². The molecule has 2 atom stereocenters. The van der Waals surface area contributed by atoms with E-state index in [9.17, 15) is 9.18 Å². The van der Waals surface area contributed by atoms with Crippen LogP contribution in [-0.2, 0) is 11.4 Å². The minimum atomic E-state index is -0.823. The molecule has 4 nitrogen and oxygen atoms in total. The third-order valence-electron chi connectivity index (χ3n) is 2.88. The third kappa shape index (κ3) is 4.21. The molecule has 1 aromatic rings. The Labute approximate surface area is 112 Å². The number of ether oxygens (including phenoxy) is 1. The lowest BCUT2D eigenvalue weighted by Gasteiger charge is -2.19. The maximum absolute atomic E-state index is 13.6. The van der Waals surface area contributed by atoms with Gasteiger partial charge in [0, 0.05) is 11.6 Å². The second-order valence-corrected chi connectivity index (χ2v) is 4.46. The summed E-state index contributed by atoms with van der Waals surface area (Å²) in [5.74, 6) is -0.965. The number of benzene rings is 1. The first kappa shape index (κ1) is 15.4. The Kier molecular flexibility index (Phi) is 5.76. The molecule has 5 heteroatoms. The Morgan fingerprint density at radius 3 is 2.74 bits per heavy atom. The SMILES string of the molecule is CCC(C)NC(=O)C(C)Oc1c(F)cccc1CO. The van der Waals surface area contributed by atoms with Gasteiger partial charge in [0.25, 0.3) is 5.91 Å². The zero-order chi connectivity index (χ0) is 14.4. The van der Waals surface area contributed by atoms with Crippen LogP contribution in [0.1, 0.15) is 32.8 Å². The fourth-order valence-corrected chi connectivity index (χ4v) is 1.50. The molecule has 1 amide bonds. The summed E-state index contributed by atoms with van der Waals surface area (Å²) in [4.78, 5) is 11.8. The number of carbonyl (C=O) groups excluding carboxylic acids is 1. The summed E-state index contributed by atoms with van der Waals surface area (Å²) < 4.78 is 18.9. The van der Waals surface area contributed by atoms with Gasteiger partial charge in [0.15, 0.2) is 17.7 Å². The van der Waals surface area contributed by atoms with Crippen molar-refractivity contribution < 1.29 is 19.0 Å². The van der Waals surface area contributed by atoms with E-state index in [1.807, 2.05) is 13.8 Å². The Hall–Kier alpha value is -1.62. The van der Waals surface area contributed by atoms with Crippen LogP contribution in [0.25, 0.3) is 0 Å². The molecule has 0 aliphatic carbocycles. The van der Waals surface area contributed by atoms with Crippen LogP contribution in [0.15, 0.2) is 18.2 Å². The van der Waals surface area contributed by atoms with Crippen molar-refractivity contribution in [1.82, 2.24) is 5.32 Å². The topological polar surface area (TPSA) is 58.6 Å². The molecule has 2 N–H and O–H groups in total. The largest absolute Gasteiger partial charge is 0.477 e. The van der Waals surface area contributed by atoms with Crippen molar-refractivity contribution in [3.05, 3.63) is 29.6 Å². The summed E-state index contributed by atoms with van der Waals surface area (Å²) in [7, 11) is 0. The molecule has 0 aromatic heterocycles. The predicted molar refractivity (Wildman–Crippen MR) is 70.3 cm³/mol. The fourth-order valence-electron chi connectivity index (χ4n) is 1.50. The van der Waals surface area contributed by atoms with E-state index in [1.54, 1.807) is 13.0 Å². The van der Waals surface area contributed by atoms with Crippen LogP contribution in [-0.4, -0.2) is 23.2 Å². The minimum Gasteiger partial charge on any atom is -0.477 e. The van der Waals surface area contributed by atoms with Crippen molar-refractivity contribution in [3.8, 4) is 5.75 Å². The molecule has 0 radical (unpaired) electrons. The van der Waals surface area contributed by atoms with Crippen molar-refractivity contribution in [2.75, 3.05) is 0 Å². The number of nitrogens with one attached hydrogen (secondary N) is 1. The van der Waals surface area contributed by atoms with Gasteiger partial charge in [-0.05, 0) is 26.3 Å². The van der Waals surface area contributed by atoms with Crippen LogP contribution >= 0.6 is 0 Å². The second kappa shape index (κ2) is 7.09. The Morgan fingerprint density at radius 2 is 2.16 bits per heavy atom. The molecule has 0 saturated heterocycles. The molecule has 106 valence electrons. The number of para-hydroxylation sites is 1. The summed E-state index contributed by atoms with van der Waals surface area (Å²) >= 11 is 0. The number of hydrogen-bond donors (Lipinski definition) is 2. The van der Waals surface area contributed by atoms with Gasteiger partial charge in [0.2, 0.25) is 0 Å². The fraction of sp³-hybridized carbons (Fsp3) is 0.500. The first-order valence-corrected chi connectivity index (χ1v) is 6.34. The average molecular weight is 269 g/mol. The molecule has 1 aromatic carbocycles. The number of aliphatic hydroxyl groups excluding tert-OH is 1. The Bertz CT molecular complexity index is 437. The number of hydrogen-bond acceptors (Lipinski definition) is 3. The van der Waals surface area contributed by atoms with Gasteiger partial charge < -0.3 is 15.2 Å². The average Bonchev–Trinajstić information content (AvgIpc) is 2.40. The van der Waals surface area contributed by atoms with Crippen LogP contribution in [0.5, 0.6) is 5.75 Å². The molecule has 0 saturated carbocycles. The van der Waals surface area contributed by atoms with E-state index < -0.39 is 11.9 Å². The molecule has 0 heterocycles. The quantitative estimate of drug-likeness (QED) is 0.830. The summed E-state index contributed by atoms with van der Waals surface area (Å²) in [6, 6.07) is 4.31. The van der Waals surface area contributed by atoms with Gasteiger partial charge in [0.05, 0.1) is 6.61 Å². The normalized spacial score (nSPS) is 13.7. The molecule has 0 aliphatic rings. The number of carbonyl (C=O) groups is 1. The number of rotatable bonds is 6. The van der Waals surface area contributed by atoms with Crippen LogP contribution in [0.4, 0.5) is 4.39 Å². The van der Waals surface area contributed by atoms with Gasteiger partial charge in [-0.15, -0.1) is 0 Å². The number of halogens is 1. The Balaban J connectivity index is 2.76. The standard InChI is InChI=1S/C14H20FNO3/c1-4-9(2)16-14(18)10(3)19-13-11(8-17)6-5-7-12(13)15/h5-7,9-10,17H,4,8H2,1-3H3,(H,16,18). The highest BCUT2D eigenvalue weighted by atomic mass is 19.1. The molecule has 0 bridgehead atoms. The van der Waals surface area contributed by atoms with E-state index in [1.165, 1.54) is 12.1 Å². The highest BCUT2D eigenvalue weighted by molar-refractivity contribution is 5.81. The highest BCUT2D eigenvalue weighted by Gasteiger charge is 2.19. The maximum atomic E-state index is 13.6. The molecule has 0 spiro atoms. The second-order valence-electron chi connectivity index (χ2n) is 4.46. The molecular weight excluding hydrogens is 249 g/mol. The van der Waals surface area contributed by atoms with Gasteiger partial charge in [-0.3, -0.25) is 4.79 Å². The smallest absolute Gasteiger partial charge is 0.260 e. The predicted octanol–water partition coefficient (Wildman–Crippen LogP) is 2.00. The van der Waals surface area contributed by atoms with Crippen molar-refractivity contribution >= 4 is 5.91 Å². The molecule has 2 unspecified atom stereocenters. The van der Waals surface area contributed by atoms with Crippen molar-refractivity contribution in [3.63, 3.8) is 0 Å². The third-order valence-corrected chi connectivity index (χ3v) is 2.88. The van der Waals surface area contributed by atoms with Crippen LogP contribution in [0, 0.1) is 5.82 Å². The lowest BCUT2D eigenvalue weighted by atomic mass is 10.2. The van der Waals surface area contributed by atoms with E-state index in [-0.39, 0.29) is 24.3 Å². The van der Waals surface area contributed by atoms with E-state index in [4.69, 9.17) is 9.84 Å². The van der Waals surface area contributed by atoms with Crippen molar-refractivity contribution in [1.29, 1.82) is 0 Å². The summed E-state index contributed by atoms with van der Waals surface area (Å²) in [5, 5.41) is 11.9. The summed E-state index contributed by atoms with van der Waals surface area (Å²) in [6.45, 7) is 5.04. The first-order chi connectivity index (χ1) is 8.99. The van der Waals surface area contributed by atoms with Crippen LogP contribution < -0.4 is 10.1 Å². The lowest BCUT2D eigenvalue weighted by molar-refractivity contribution is -0.128. The molecular formula is C14H20FNO3. The van der Waals surface area contributed by atoms with Crippen LogP contribution in [0.3, 0.4) is 0 Å². The van der Waals surface area contributed by atoms with Gasteiger partial charge in [-0.1, -0.05) is 19.1 Å². The molecule has 1 rings (SSSR count). The van der Waals surface area contributed by atoms with Gasteiger partial charge in [-0.25, -0.2) is 4.39 Å². The molecule has 0 aliphatic heterocycles. The van der Waals surface area contributed by atoms with Crippen molar-refractivity contribution in [2.24, 2.45) is 0 Å². The Morgan fingerprint density at radius 1 is 1.47 bits per heavy atom. The van der Waals surface area contributed by atoms with E-state index in [0.717, 1.165) is 6.42 Å². The minimum absolute atomic E-state index is 0.0384. The number of aliphatic hydroxyl groups is 1. The zero-order valence-corrected chi connectivity index (χ0v) is 11.4. The van der Waals surface area contributed by atoms with Gasteiger partial charge in [0.1, 0.15) is 0 Å². The van der Waals surface area contributed by atoms with E-state index in [2.05, 4.69) is 5.32 Å². The zero-order valence-electron chi connectivity index (χ0n) is 11.4. The molecule has 19 heavy (non-hydrogen) atoms. The monoisotopic (exact) mass is 269 g/mol. The first-order valence-electron chi connectivity index (χ1n) is 6.34. The summed E-state index contributed by atoms with van der Waals surface area (Å²) in [6.07, 6.45) is -0.0174. The van der Waals surface area contributed by atoms with Crippen LogP contribution in [0.2, 0.25) is 0 Å². The van der Waals surface area contributed by atoms with E-state index >= 15 is 0 Å². The highest BCUT2D eigenvalue weighted by Crippen LogP contribution is 2.23. The lowest BCUT2D eigenvalue weighted by Crippen LogP contribution is -2.41.